The highest BCUT2D eigenvalue weighted by Crippen LogP contribution is 2.23. The Morgan fingerprint density at radius 3 is 2.47 bits per heavy atom. The topological polar surface area (TPSA) is 46.5 Å². The Kier molecular flexibility index (Phi) is 2.98. The SMILES string of the molecule is CC(C)(C)Oc1cc(C(=O)O)ccc1F. The number of carboxylic acids is 1. The molecule has 1 N–H and O–H groups in total. The highest BCUT2D eigenvalue weighted by molar-refractivity contribution is 5.88. The third kappa shape index (κ3) is 3.23. The van der Waals surface area contributed by atoms with Gasteiger partial charge in [0.15, 0.2) is 11.6 Å². The van der Waals surface area contributed by atoms with Crippen LogP contribution >= 0.6 is 0 Å². The normalized spacial score (nSPS) is 11.2. The van der Waals surface area contributed by atoms with Crippen molar-refractivity contribution >= 4 is 5.97 Å². The van der Waals surface area contributed by atoms with E-state index < -0.39 is 17.4 Å². The maximum Gasteiger partial charge on any atom is 0.335 e. The van der Waals surface area contributed by atoms with Crippen LogP contribution in [0.25, 0.3) is 0 Å². The third-order valence-corrected chi connectivity index (χ3v) is 1.59. The van der Waals surface area contributed by atoms with Crippen LogP contribution in [0.15, 0.2) is 18.2 Å². The number of ether oxygens (including phenoxy) is 1. The van der Waals surface area contributed by atoms with Crippen molar-refractivity contribution in [2.24, 2.45) is 0 Å². The second-order valence-corrected chi connectivity index (χ2v) is 4.16. The largest absolute Gasteiger partial charge is 0.485 e. The van der Waals surface area contributed by atoms with Crippen molar-refractivity contribution in [2.45, 2.75) is 26.4 Å². The highest BCUT2D eigenvalue weighted by atomic mass is 19.1. The lowest BCUT2D eigenvalue weighted by molar-refractivity contribution is 0.0694. The predicted octanol–water partition coefficient (Wildman–Crippen LogP) is 2.70. The molecule has 0 spiro atoms. The molecule has 0 radical (unpaired) electrons. The van der Waals surface area contributed by atoms with E-state index in [1.54, 1.807) is 20.8 Å². The first-order chi connectivity index (χ1) is 6.79. The molecule has 0 aliphatic heterocycles. The van der Waals surface area contributed by atoms with Gasteiger partial charge in [-0.25, -0.2) is 9.18 Å². The van der Waals surface area contributed by atoms with Crippen LogP contribution in [-0.4, -0.2) is 16.7 Å². The summed E-state index contributed by atoms with van der Waals surface area (Å²) in [5.41, 5.74) is -0.548. The van der Waals surface area contributed by atoms with Crippen molar-refractivity contribution in [1.29, 1.82) is 0 Å². The zero-order valence-corrected chi connectivity index (χ0v) is 8.87. The zero-order chi connectivity index (χ0) is 11.6. The van der Waals surface area contributed by atoms with Gasteiger partial charge in [0.25, 0.3) is 0 Å². The number of aromatic carboxylic acids is 1. The van der Waals surface area contributed by atoms with Crippen LogP contribution in [0.2, 0.25) is 0 Å². The van der Waals surface area contributed by atoms with Crippen LogP contribution in [0.1, 0.15) is 31.1 Å². The Hall–Kier alpha value is -1.58. The Labute approximate surface area is 87.5 Å². The smallest absolute Gasteiger partial charge is 0.335 e. The number of hydrogen-bond acceptors (Lipinski definition) is 2. The number of carboxylic acid groups (broad SMARTS) is 1. The molecule has 1 rings (SSSR count). The first-order valence-electron chi connectivity index (χ1n) is 4.51. The molecular weight excluding hydrogens is 199 g/mol. The Balaban J connectivity index is 3.06. The summed E-state index contributed by atoms with van der Waals surface area (Å²) < 4.78 is 18.5. The van der Waals surface area contributed by atoms with Crippen molar-refractivity contribution in [2.75, 3.05) is 0 Å². The highest BCUT2D eigenvalue weighted by Gasteiger charge is 2.16. The van der Waals surface area contributed by atoms with Gasteiger partial charge in [-0.05, 0) is 39.0 Å². The van der Waals surface area contributed by atoms with Crippen molar-refractivity contribution < 1.29 is 19.0 Å². The Bertz CT molecular complexity index is 380. The van der Waals surface area contributed by atoms with Gasteiger partial charge in [-0.15, -0.1) is 0 Å². The first kappa shape index (κ1) is 11.5. The predicted molar refractivity (Wildman–Crippen MR) is 53.7 cm³/mol. The van der Waals surface area contributed by atoms with E-state index in [9.17, 15) is 9.18 Å². The van der Waals surface area contributed by atoms with E-state index in [2.05, 4.69) is 0 Å². The summed E-state index contributed by atoms with van der Waals surface area (Å²) in [4.78, 5) is 10.7. The van der Waals surface area contributed by atoms with Crippen molar-refractivity contribution in [3.05, 3.63) is 29.6 Å². The molecule has 0 aliphatic carbocycles. The number of hydrogen-bond donors (Lipinski definition) is 1. The molecule has 0 atom stereocenters. The van der Waals surface area contributed by atoms with Gasteiger partial charge in [0.1, 0.15) is 5.60 Å². The molecule has 0 aromatic heterocycles. The maximum atomic E-state index is 13.2. The standard InChI is InChI=1S/C11H13FO3/c1-11(2,3)15-9-6-7(10(13)14)4-5-8(9)12/h4-6H,1-3H3,(H,13,14). The summed E-state index contributed by atoms with van der Waals surface area (Å²) in [6.45, 7) is 5.29. The minimum atomic E-state index is -1.10. The van der Waals surface area contributed by atoms with Crippen LogP contribution in [0, 0.1) is 5.82 Å². The van der Waals surface area contributed by atoms with Crippen molar-refractivity contribution in [3.63, 3.8) is 0 Å². The van der Waals surface area contributed by atoms with E-state index >= 15 is 0 Å². The second kappa shape index (κ2) is 3.88. The molecule has 3 nitrogen and oxygen atoms in total. The molecule has 4 heteroatoms. The molecule has 15 heavy (non-hydrogen) atoms. The molecule has 0 unspecified atom stereocenters. The molecule has 1 aromatic carbocycles. The first-order valence-corrected chi connectivity index (χ1v) is 4.51. The molecule has 0 amide bonds. The fourth-order valence-corrected chi connectivity index (χ4v) is 1.04. The average molecular weight is 212 g/mol. The van der Waals surface area contributed by atoms with E-state index in [4.69, 9.17) is 9.84 Å². The number of benzene rings is 1. The van der Waals surface area contributed by atoms with Crippen LogP contribution in [0.3, 0.4) is 0 Å². The van der Waals surface area contributed by atoms with E-state index in [1.165, 1.54) is 12.1 Å². The fourth-order valence-electron chi connectivity index (χ4n) is 1.04. The maximum absolute atomic E-state index is 13.2. The number of carbonyl (C=O) groups is 1. The average Bonchev–Trinajstić information content (AvgIpc) is 2.06. The molecule has 1 aromatic rings. The number of rotatable bonds is 2. The van der Waals surface area contributed by atoms with Gasteiger partial charge in [-0.1, -0.05) is 0 Å². The van der Waals surface area contributed by atoms with Crippen molar-refractivity contribution in [1.82, 2.24) is 0 Å². The van der Waals surface area contributed by atoms with Crippen molar-refractivity contribution in [3.8, 4) is 5.75 Å². The lowest BCUT2D eigenvalue weighted by Crippen LogP contribution is -2.23. The fraction of sp³-hybridized carbons (Fsp3) is 0.364. The summed E-state index contributed by atoms with van der Waals surface area (Å²) in [5, 5.41) is 8.72. The van der Waals surface area contributed by atoms with Crippen LogP contribution < -0.4 is 4.74 Å². The molecule has 82 valence electrons. The molecule has 0 fully saturated rings. The molecule has 0 saturated heterocycles. The van der Waals surface area contributed by atoms with E-state index in [0.717, 1.165) is 6.07 Å². The van der Waals surface area contributed by atoms with Gasteiger partial charge in [0, 0.05) is 0 Å². The minimum Gasteiger partial charge on any atom is -0.485 e. The summed E-state index contributed by atoms with van der Waals surface area (Å²) in [6, 6.07) is 3.47. The van der Waals surface area contributed by atoms with Gasteiger partial charge in [0.05, 0.1) is 5.56 Å². The molecule has 0 aliphatic rings. The third-order valence-electron chi connectivity index (χ3n) is 1.59. The van der Waals surface area contributed by atoms with Crippen LogP contribution in [0.4, 0.5) is 4.39 Å². The quantitative estimate of drug-likeness (QED) is 0.819. The van der Waals surface area contributed by atoms with Crippen LogP contribution in [-0.2, 0) is 0 Å². The lowest BCUT2D eigenvalue weighted by Gasteiger charge is -2.21. The molecule has 0 bridgehead atoms. The summed E-state index contributed by atoms with van der Waals surface area (Å²) in [5.74, 6) is -1.70. The monoisotopic (exact) mass is 212 g/mol. The number of halogens is 1. The molecular formula is C11H13FO3. The van der Waals surface area contributed by atoms with Gasteiger partial charge < -0.3 is 9.84 Å². The summed E-state index contributed by atoms with van der Waals surface area (Å²) in [7, 11) is 0. The van der Waals surface area contributed by atoms with Crippen LogP contribution in [0.5, 0.6) is 5.75 Å². The van der Waals surface area contributed by atoms with Gasteiger partial charge >= 0.3 is 5.97 Å². The van der Waals surface area contributed by atoms with E-state index in [0.29, 0.717) is 0 Å². The summed E-state index contributed by atoms with van der Waals surface area (Å²) in [6.07, 6.45) is 0. The van der Waals surface area contributed by atoms with Gasteiger partial charge in [0.2, 0.25) is 0 Å². The zero-order valence-electron chi connectivity index (χ0n) is 8.87. The molecule has 0 heterocycles. The van der Waals surface area contributed by atoms with E-state index in [1.807, 2.05) is 0 Å². The minimum absolute atomic E-state index is 0.00986. The van der Waals surface area contributed by atoms with E-state index in [-0.39, 0.29) is 11.3 Å². The lowest BCUT2D eigenvalue weighted by atomic mass is 10.1. The van der Waals surface area contributed by atoms with Gasteiger partial charge in [-0.2, -0.15) is 0 Å². The second-order valence-electron chi connectivity index (χ2n) is 4.16. The Morgan fingerprint density at radius 1 is 1.40 bits per heavy atom. The Morgan fingerprint density at radius 2 is 2.00 bits per heavy atom. The van der Waals surface area contributed by atoms with Gasteiger partial charge in [-0.3, -0.25) is 0 Å². The molecule has 0 saturated carbocycles. The summed E-state index contributed by atoms with van der Waals surface area (Å²) >= 11 is 0.